The molecule has 33 heavy (non-hydrogen) atoms. The van der Waals surface area contributed by atoms with Crippen LogP contribution in [0.5, 0.6) is 5.75 Å². The summed E-state index contributed by atoms with van der Waals surface area (Å²) >= 11 is 0. The second-order valence-corrected chi connectivity index (χ2v) is 8.31. The number of amides is 1. The van der Waals surface area contributed by atoms with Crippen molar-refractivity contribution in [3.05, 3.63) is 108 Å². The molecule has 0 fully saturated rings. The maximum atomic E-state index is 12.7. The molecule has 170 valence electrons. The summed E-state index contributed by atoms with van der Waals surface area (Å²) in [6, 6.07) is 23.5. The monoisotopic (exact) mass is 442 g/mol. The minimum Gasteiger partial charge on any atom is -0.486 e. The number of nitrogens with one attached hydrogen (secondary N) is 1. The Bertz CT molecular complexity index is 1180. The standard InChI is InChI=1S/C28H30N2O3/c1-4-20(2)22-10-12-25(13-11-22)32-19-26-14-15-27(33-26)28(31)29-21(3)23-8-7-9-24(18-23)30-16-5-6-17-30/h5-18,20-21H,4,19H2,1-3H3,(H,29,31). The highest BCUT2D eigenvalue weighted by Crippen LogP contribution is 2.23. The van der Waals surface area contributed by atoms with Crippen molar-refractivity contribution in [1.82, 2.24) is 9.88 Å². The van der Waals surface area contributed by atoms with E-state index in [1.165, 1.54) is 5.56 Å². The number of rotatable bonds is 9. The van der Waals surface area contributed by atoms with Crippen LogP contribution in [-0.4, -0.2) is 10.5 Å². The summed E-state index contributed by atoms with van der Waals surface area (Å²) in [5.74, 6) is 1.94. The van der Waals surface area contributed by atoms with E-state index in [0.717, 1.165) is 23.4 Å². The lowest BCUT2D eigenvalue weighted by atomic mass is 9.99. The van der Waals surface area contributed by atoms with Crippen LogP contribution >= 0.6 is 0 Å². The minimum atomic E-state index is -0.252. The maximum Gasteiger partial charge on any atom is 0.287 e. The zero-order valence-corrected chi connectivity index (χ0v) is 19.3. The Labute approximate surface area is 195 Å². The quantitative estimate of drug-likeness (QED) is 0.316. The van der Waals surface area contributed by atoms with E-state index in [1.807, 2.05) is 66.3 Å². The summed E-state index contributed by atoms with van der Waals surface area (Å²) in [5, 5.41) is 3.01. The molecular weight excluding hydrogens is 412 g/mol. The molecule has 0 bridgehead atoms. The zero-order chi connectivity index (χ0) is 23.2. The van der Waals surface area contributed by atoms with Crippen molar-refractivity contribution in [3.8, 4) is 11.4 Å². The molecule has 0 radical (unpaired) electrons. The van der Waals surface area contributed by atoms with Crippen LogP contribution in [0.3, 0.4) is 0 Å². The van der Waals surface area contributed by atoms with Gasteiger partial charge in [0.1, 0.15) is 18.1 Å². The lowest BCUT2D eigenvalue weighted by molar-refractivity contribution is 0.0907. The van der Waals surface area contributed by atoms with Gasteiger partial charge in [-0.1, -0.05) is 38.1 Å². The minimum absolute atomic E-state index is 0.165. The molecule has 2 aromatic carbocycles. The Hall–Kier alpha value is -3.73. The molecule has 2 unspecified atom stereocenters. The first-order chi connectivity index (χ1) is 16.0. The largest absolute Gasteiger partial charge is 0.486 e. The predicted molar refractivity (Wildman–Crippen MR) is 130 cm³/mol. The van der Waals surface area contributed by atoms with Gasteiger partial charge in [-0.2, -0.15) is 0 Å². The first-order valence-corrected chi connectivity index (χ1v) is 11.4. The maximum absolute atomic E-state index is 12.7. The Morgan fingerprint density at radius 3 is 2.45 bits per heavy atom. The number of furan rings is 1. The average molecular weight is 443 g/mol. The van der Waals surface area contributed by atoms with Crippen molar-refractivity contribution in [2.24, 2.45) is 0 Å². The van der Waals surface area contributed by atoms with Crippen molar-refractivity contribution >= 4 is 5.91 Å². The molecule has 0 aliphatic rings. The van der Waals surface area contributed by atoms with Gasteiger partial charge < -0.3 is 19.0 Å². The van der Waals surface area contributed by atoms with Crippen molar-refractivity contribution in [1.29, 1.82) is 0 Å². The van der Waals surface area contributed by atoms with E-state index >= 15 is 0 Å². The zero-order valence-electron chi connectivity index (χ0n) is 19.3. The lowest BCUT2D eigenvalue weighted by Crippen LogP contribution is -2.26. The highest BCUT2D eigenvalue weighted by molar-refractivity contribution is 5.91. The summed E-state index contributed by atoms with van der Waals surface area (Å²) in [4.78, 5) is 12.7. The number of hydrogen-bond donors (Lipinski definition) is 1. The van der Waals surface area contributed by atoms with Crippen molar-refractivity contribution in [3.63, 3.8) is 0 Å². The van der Waals surface area contributed by atoms with E-state index in [4.69, 9.17) is 9.15 Å². The molecule has 0 saturated heterocycles. The molecule has 0 spiro atoms. The molecule has 1 amide bonds. The molecule has 4 rings (SSSR count). The van der Waals surface area contributed by atoms with E-state index in [2.05, 4.69) is 37.4 Å². The van der Waals surface area contributed by atoms with E-state index in [9.17, 15) is 4.79 Å². The summed E-state index contributed by atoms with van der Waals surface area (Å²) in [6.45, 7) is 6.62. The summed E-state index contributed by atoms with van der Waals surface area (Å²) in [7, 11) is 0. The first-order valence-electron chi connectivity index (χ1n) is 11.4. The van der Waals surface area contributed by atoms with Gasteiger partial charge in [-0.25, -0.2) is 0 Å². The smallest absolute Gasteiger partial charge is 0.287 e. The van der Waals surface area contributed by atoms with Crippen LogP contribution in [0.1, 0.15) is 66.6 Å². The number of nitrogens with zero attached hydrogens (tertiary/aromatic N) is 1. The molecule has 4 aromatic rings. The van der Waals surface area contributed by atoms with Crippen LogP contribution in [0.15, 0.2) is 89.6 Å². The number of carbonyl (C=O) groups excluding carboxylic acids is 1. The molecule has 2 aromatic heterocycles. The number of ether oxygens (including phenoxy) is 1. The molecule has 5 nitrogen and oxygen atoms in total. The first kappa shape index (κ1) is 22.5. The average Bonchev–Trinajstić information content (AvgIpc) is 3.55. The van der Waals surface area contributed by atoms with Gasteiger partial charge in [0.05, 0.1) is 6.04 Å². The van der Waals surface area contributed by atoms with Gasteiger partial charge in [-0.15, -0.1) is 0 Å². The fourth-order valence-electron chi connectivity index (χ4n) is 3.67. The highest BCUT2D eigenvalue weighted by Gasteiger charge is 2.16. The molecule has 2 atom stereocenters. The van der Waals surface area contributed by atoms with Gasteiger partial charge in [-0.05, 0) is 78.9 Å². The third-order valence-corrected chi connectivity index (χ3v) is 5.95. The van der Waals surface area contributed by atoms with E-state index in [0.29, 0.717) is 11.7 Å². The number of benzene rings is 2. The van der Waals surface area contributed by atoms with Crippen molar-refractivity contribution in [2.45, 2.75) is 45.8 Å². The Morgan fingerprint density at radius 2 is 1.73 bits per heavy atom. The lowest BCUT2D eigenvalue weighted by Gasteiger charge is -2.15. The van der Waals surface area contributed by atoms with Gasteiger partial charge in [0.15, 0.2) is 5.76 Å². The molecular formula is C28H30N2O3. The molecule has 0 saturated carbocycles. The van der Waals surface area contributed by atoms with Crippen LogP contribution in [-0.2, 0) is 6.61 Å². The Kier molecular flexibility index (Phi) is 6.98. The van der Waals surface area contributed by atoms with Crippen LogP contribution < -0.4 is 10.1 Å². The van der Waals surface area contributed by atoms with Crippen molar-refractivity contribution < 1.29 is 13.9 Å². The summed E-state index contributed by atoms with van der Waals surface area (Å²) in [6.07, 6.45) is 5.10. The second-order valence-electron chi connectivity index (χ2n) is 8.31. The molecule has 2 heterocycles. The third-order valence-electron chi connectivity index (χ3n) is 5.95. The SMILES string of the molecule is CCC(C)c1ccc(OCc2ccc(C(=O)NC(C)c3cccc(-n4cccc4)c3)o2)cc1. The Morgan fingerprint density at radius 1 is 0.970 bits per heavy atom. The number of hydrogen-bond acceptors (Lipinski definition) is 3. The molecule has 0 aliphatic carbocycles. The number of carbonyl (C=O) groups is 1. The van der Waals surface area contributed by atoms with Crippen molar-refractivity contribution in [2.75, 3.05) is 0 Å². The summed E-state index contributed by atoms with van der Waals surface area (Å²) in [5.41, 5.74) is 3.37. The molecule has 0 aliphatic heterocycles. The Balaban J connectivity index is 1.34. The van der Waals surface area contributed by atoms with Gasteiger partial charge in [-0.3, -0.25) is 4.79 Å². The van der Waals surface area contributed by atoms with E-state index in [-0.39, 0.29) is 24.3 Å². The van der Waals surface area contributed by atoms with Gasteiger partial charge in [0.2, 0.25) is 0 Å². The highest BCUT2D eigenvalue weighted by atomic mass is 16.5. The van der Waals surface area contributed by atoms with Gasteiger partial charge in [0, 0.05) is 18.1 Å². The van der Waals surface area contributed by atoms with Gasteiger partial charge in [0.25, 0.3) is 5.91 Å². The van der Waals surface area contributed by atoms with Crippen LogP contribution in [0.2, 0.25) is 0 Å². The summed E-state index contributed by atoms with van der Waals surface area (Å²) < 4.78 is 13.6. The van der Waals surface area contributed by atoms with Crippen LogP contribution in [0.25, 0.3) is 5.69 Å². The normalized spacial score (nSPS) is 12.8. The van der Waals surface area contributed by atoms with E-state index < -0.39 is 0 Å². The second kappa shape index (κ2) is 10.3. The van der Waals surface area contributed by atoms with Crippen LogP contribution in [0, 0.1) is 0 Å². The topological polar surface area (TPSA) is 56.4 Å². The van der Waals surface area contributed by atoms with Gasteiger partial charge >= 0.3 is 0 Å². The predicted octanol–water partition coefficient (Wildman–Crippen LogP) is 6.65. The van der Waals surface area contributed by atoms with E-state index in [1.54, 1.807) is 12.1 Å². The molecule has 5 heteroatoms. The fourth-order valence-corrected chi connectivity index (χ4v) is 3.67. The third kappa shape index (κ3) is 5.55. The van der Waals surface area contributed by atoms with Crippen LogP contribution in [0.4, 0.5) is 0 Å². The molecule has 1 N–H and O–H groups in total. The number of aromatic nitrogens is 1. The fraction of sp³-hybridized carbons (Fsp3) is 0.250.